The first-order valence-electron chi connectivity index (χ1n) is 6.28. The molecule has 1 saturated carbocycles. The molecule has 0 spiro atoms. The highest BCUT2D eigenvalue weighted by Crippen LogP contribution is 2.23. The van der Waals surface area contributed by atoms with Gasteiger partial charge in [-0.3, -0.25) is 0 Å². The van der Waals surface area contributed by atoms with Gasteiger partial charge in [-0.15, -0.1) is 0 Å². The van der Waals surface area contributed by atoms with Crippen molar-refractivity contribution in [1.29, 1.82) is 0 Å². The average Bonchev–Trinajstić information content (AvgIpc) is 2.94. The van der Waals surface area contributed by atoms with Gasteiger partial charge >= 0.3 is 0 Å². The first kappa shape index (κ1) is 11.4. The van der Waals surface area contributed by atoms with Crippen molar-refractivity contribution < 1.29 is 5.11 Å². The smallest absolute Gasteiger partial charge is 0.0597 e. The Bertz CT molecular complexity index is 193. The summed E-state index contributed by atoms with van der Waals surface area (Å²) >= 11 is 0. The van der Waals surface area contributed by atoms with Crippen LogP contribution in [0.2, 0.25) is 0 Å². The van der Waals surface area contributed by atoms with Crippen LogP contribution in [0.15, 0.2) is 0 Å². The topological polar surface area (TPSA) is 35.5 Å². The van der Waals surface area contributed by atoms with Crippen LogP contribution in [0.5, 0.6) is 0 Å². The zero-order valence-electron chi connectivity index (χ0n) is 9.95. The molecule has 1 saturated heterocycles. The molecule has 88 valence electrons. The molecule has 2 rings (SSSR count). The molecule has 3 unspecified atom stereocenters. The number of likely N-dealkylation sites (tertiary alicyclic amines) is 1. The fourth-order valence-electron chi connectivity index (χ4n) is 2.46. The number of aliphatic hydroxyl groups excluding tert-OH is 1. The Morgan fingerprint density at radius 1 is 1.27 bits per heavy atom. The highest BCUT2D eigenvalue weighted by Gasteiger charge is 2.29. The van der Waals surface area contributed by atoms with Gasteiger partial charge in [-0.25, -0.2) is 0 Å². The monoisotopic (exact) mass is 212 g/mol. The van der Waals surface area contributed by atoms with E-state index in [1.54, 1.807) is 0 Å². The number of nitrogens with zero attached hydrogens (tertiary/aromatic N) is 1. The Morgan fingerprint density at radius 2 is 1.87 bits per heavy atom. The van der Waals surface area contributed by atoms with Crippen molar-refractivity contribution in [2.24, 2.45) is 11.8 Å². The SMILES string of the molecule is CC1CN(CC(CO)NC2CC2)CC1C. The van der Waals surface area contributed by atoms with E-state index in [0.29, 0.717) is 6.04 Å². The molecule has 1 aliphatic carbocycles. The molecule has 0 aromatic rings. The minimum atomic E-state index is 0.274. The zero-order chi connectivity index (χ0) is 10.8. The Morgan fingerprint density at radius 3 is 2.33 bits per heavy atom. The predicted octanol–water partition coefficient (Wildman–Crippen LogP) is 0.687. The minimum Gasteiger partial charge on any atom is -0.395 e. The van der Waals surface area contributed by atoms with Crippen molar-refractivity contribution in [3.05, 3.63) is 0 Å². The fraction of sp³-hybridized carbons (Fsp3) is 1.00. The molecule has 15 heavy (non-hydrogen) atoms. The second-order valence-electron chi connectivity index (χ2n) is 5.49. The molecule has 2 aliphatic rings. The summed E-state index contributed by atoms with van der Waals surface area (Å²) in [7, 11) is 0. The summed E-state index contributed by atoms with van der Waals surface area (Å²) in [6.45, 7) is 8.34. The number of hydrogen-bond donors (Lipinski definition) is 2. The van der Waals surface area contributed by atoms with Gasteiger partial charge in [0.15, 0.2) is 0 Å². The number of rotatable bonds is 5. The van der Waals surface area contributed by atoms with Crippen LogP contribution in [0.3, 0.4) is 0 Å². The van der Waals surface area contributed by atoms with E-state index in [2.05, 4.69) is 24.1 Å². The maximum absolute atomic E-state index is 9.31. The van der Waals surface area contributed by atoms with Crippen LogP contribution < -0.4 is 5.32 Å². The average molecular weight is 212 g/mol. The van der Waals surface area contributed by atoms with Crippen molar-refractivity contribution in [3.63, 3.8) is 0 Å². The summed E-state index contributed by atoms with van der Waals surface area (Å²) < 4.78 is 0. The summed E-state index contributed by atoms with van der Waals surface area (Å²) in [5.41, 5.74) is 0. The molecule has 0 bridgehead atoms. The molecular formula is C12H24N2O. The summed E-state index contributed by atoms with van der Waals surface area (Å²) in [4.78, 5) is 2.49. The van der Waals surface area contributed by atoms with E-state index in [0.717, 1.165) is 18.4 Å². The highest BCUT2D eigenvalue weighted by molar-refractivity contribution is 4.88. The van der Waals surface area contributed by atoms with Gasteiger partial charge in [-0.1, -0.05) is 13.8 Å². The molecule has 0 radical (unpaired) electrons. The van der Waals surface area contributed by atoms with Gasteiger partial charge in [-0.05, 0) is 24.7 Å². The van der Waals surface area contributed by atoms with Crippen LogP contribution in [-0.4, -0.2) is 48.3 Å². The quantitative estimate of drug-likeness (QED) is 0.704. The lowest BCUT2D eigenvalue weighted by Crippen LogP contribution is -2.43. The van der Waals surface area contributed by atoms with Crippen molar-refractivity contribution in [2.75, 3.05) is 26.2 Å². The maximum atomic E-state index is 9.31. The third-order valence-electron chi connectivity index (χ3n) is 3.81. The molecule has 2 N–H and O–H groups in total. The molecule has 2 fully saturated rings. The molecule has 3 heteroatoms. The van der Waals surface area contributed by atoms with Gasteiger partial charge in [0.1, 0.15) is 0 Å². The van der Waals surface area contributed by atoms with Gasteiger partial charge < -0.3 is 15.3 Å². The van der Waals surface area contributed by atoms with Gasteiger partial charge in [-0.2, -0.15) is 0 Å². The molecule has 3 atom stereocenters. The Labute approximate surface area is 92.8 Å². The van der Waals surface area contributed by atoms with E-state index in [1.165, 1.54) is 25.9 Å². The van der Waals surface area contributed by atoms with Crippen LogP contribution in [0, 0.1) is 11.8 Å². The second-order valence-corrected chi connectivity index (χ2v) is 5.49. The molecule has 1 aliphatic heterocycles. The van der Waals surface area contributed by atoms with Crippen molar-refractivity contribution in [2.45, 2.75) is 38.8 Å². The van der Waals surface area contributed by atoms with Crippen molar-refractivity contribution >= 4 is 0 Å². The van der Waals surface area contributed by atoms with Crippen LogP contribution in [-0.2, 0) is 0 Å². The predicted molar refractivity (Wildman–Crippen MR) is 61.8 cm³/mol. The Kier molecular flexibility index (Phi) is 3.65. The zero-order valence-corrected chi connectivity index (χ0v) is 9.95. The van der Waals surface area contributed by atoms with E-state index in [4.69, 9.17) is 0 Å². The van der Waals surface area contributed by atoms with Gasteiger partial charge in [0, 0.05) is 31.7 Å². The second kappa shape index (κ2) is 4.81. The number of aliphatic hydroxyl groups is 1. The Hall–Kier alpha value is -0.120. The number of nitrogens with one attached hydrogen (secondary N) is 1. The molecule has 0 aromatic carbocycles. The maximum Gasteiger partial charge on any atom is 0.0597 e. The fourth-order valence-corrected chi connectivity index (χ4v) is 2.46. The molecule has 1 heterocycles. The normalized spacial score (nSPS) is 34.6. The summed E-state index contributed by atoms with van der Waals surface area (Å²) in [5, 5.41) is 12.8. The van der Waals surface area contributed by atoms with E-state index < -0.39 is 0 Å². The lowest BCUT2D eigenvalue weighted by molar-refractivity contribution is 0.194. The molecule has 0 aromatic heterocycles. The van der Waals surface area contributed by atoms with Crippen LogP contribution in [0.25, 0.3) is 0 Å². The highest BCUT2D eigenvalue weighted by atomic mass is 16.3. The summed E-state index contributed by atoms with van der Waals surface area (Å²) in [6, 6.07) is 0.981. The van der Waals surface area contributed by atoms with E-state index in [1.807, 2.05) is 0 Å². The van der Waals surface area contributed by atoms with Crippen LogP contribution >= 0.6 is 0 Å². The van der Waals surface area contributed by atoms with Crippen molar-refractivity contribution in [3.8, 4) is 0 Å². The molecule has 0 amide bonds. The van der Waals surface area contributed by atoms with E-state index in [-0.39, 0.29) is 12.6 Å². The largest absolute Gasteiger partial charge is 0.395 e. The third kappa shape index (κ3) is 3.16. The van der Waals surface area contributed by atoms with Crippen LogP contribution in [0.1, 0.15) is 26.7 Å². The van der Waals surface area contributed by atoms with Gasteiger partial charge in [0.25, 0.3) is 0 Å². The number of hydrogen-bond acceptors (Lipinski definition) is 3. The third-order valence-corrected chi connectivity index (χ3v) is 3.81. The molecule has 3 nitrogen and oxygen atoms in total. The van der Waals surface area contributed by atoms with Crippen LogP contribution in [0.4, 0.5) is 0 Å². The Balaban J connectivity index is 1.74. The standard InChI is InChI=1S/C12H24N2O/c1-9-5-14(6-10(9)2)7-12(8-15)13-11-3-4-11/h9-13,15H,3-8H2,1-2H3. The van der Waals surface area contributed by atoms with Gasteiger partial charge in [0.05, 0.1) is 6.61 Å². The molecular weight excluding hydrogens is 188 g/mol. The van der Waals surface area contributed by atoms with E-state index in [9.17, 15) is 5.11 Å². The first-order chi connectivity index (χ1) is 7.19. The first-order valence-corrected chi connectivity index (χ1v) is 6.28. The van der Waals surface area contributed by atoms with Gasteiger partial charge in [0.2, 0.25) is 0 Å². The summed E-state index contributed by atoms with van der Waals surface area (Å²) in [6.07, 6.45) is 2.59. The lowest BCUT2D eigenvalue weighted by Gasteiger charge is -2.23. The lowest BCUT2D eigenvalue weighted by atomic mass is 10.0. The summed E-state index contributed by atoms with van der Waals surface area (Å²) in [5.74, 6) is 1.62. The van der Waals surface area contributed by atoms with Crippen molar-refractivity contribution in [1.82, 2.24) is 10.2 Å². The van der Waals surface area contributed by atoms with E-state index >= 15 is 0 Å². The minimum absolute atomic E-state index is 0.274.